The molecule has 136 valence electrons. The second kappa shape index (κ2) is 6.59. The molecule has 8 heteroatoms. The van der Waals surface area contributed by atoms with Crippen molar-refractivity contribution in [2.75, 3.05) is 6.61 Å². The molecule has 2 rings (SSSR count). The minimum absolute atomic E-state index is 0.113. The number of hydrogen-bond donors (Lipinski definition) is 2. The first-order chi connectivity index (χ1) is 10.9. The smallest absolute Gasteiger partial charge is 0.330 e. The van der Waals surface area contributed by atoms with Gasteiger partial charge in [0.05, 0.1) is 12.7 Å². The molecule has 1 fully saturated rings. The Morgan fingerprint density at radius 3 is 2.62 bits per heavy atom. The summed E-state index contributed by atoms with van der Waals surface area (Å²) in [5, 5.41) is 0.113. The summed E-state index contributed by atoms with van der Waals surface area (Å²) in [6, 6.07) is -0.209. The molecule has 1 aromatic heterocycles. The number of ether oxygens (including phenoxy) is 1. The summed E-state index contributed by atoms with van der Waals surface area (Å²) in [6.45, 7) is 13.0. The Morgan fingerprint density at radius 2 is 2.04 bits per heavy atom. The largest absolute Gasteiger partial charge is 0.414 e. The summed E-state index contributed by atoms with van der Waals surface area (Å²) in [4.78, 5) is 25.8. The molecule has 1 aliphatic heterocycles. The Kier molecular flexibility index (Phi) is 5.24. The number of nitrogens with one attached hydrogen (secondary N) is 1. The minimum atomic E-state index is -1.88. The molecule has 0 saturated carbocycles. The van der Waals surface area contributed by atoms with E-state index in [1.165, 1.54) is 10.8 Å². The fraction of sp³-hybridized carbons (Fsp3) is 0.750. The van der Waals surface area contributed by atoms with Gasteiger partial charge in [-0.15, -0.1) is 0 Å². The van der Waals surface area contributed by atoms with Crippen LogP contribution in [0.2, 0.25) is 18.1 Å². The van der Waals surface area contributed by atoms with Crippen LogP contribution in [0.1, 0.15) is 39.0 Å². The number of nitrogens with zero attached hydrogens (tertiary/aromatic N) is 1. The van der Waals surface area contributed by atoms with Crippen LogP contribution in [0.4, 0.5) is 0 Å². The highest BCUT2D eigenvalue weighted by Crippen LogP contribution is 2.37. The standard InChI is InChI=1S/C16H29N3O4Si/c1-10-8-19(15(21)18-14(10)20)13-7-11(17)12(23-13)9-22-24(5,6)16(2,3)4/h8,11-13H,7,9,17H2,1-6H3,(H,18,20,21). The van der Waals surface area contributed by atoms with Gasteiger partial charge in [0, 0.05) is 24.2 Å². The molecule has 3 unspecified atom stereocenters. The molecule has 0 aromatic carbocycles. The molecule has 0 amide bonds. The van der Waals surface area contributed by atoms with Crippen LogP contribution in [0.3, 0.4) is 0 Å². The molecule has 0 bridgehead atoms. The maximum atomic E-state index is 12.0. The number of rotatable bonds is 4. The molecule has 1 aliphatic rings. The molecule has 0 aliphatic carbocycles. The third kappa shape index (κ3) is 3.88. The summed E-state index contributed by atoms with van der Waals surface area (Å²) in [6.07, 6.45) is 1.30. The van der Waals surface area contributed by atoms with Crippen molar-refractivity contribution in [3.8, 4) is 0 Å². The Balaban J connectivity index is 2.09. The van der Waals surface area contributed by atoms with E-state index in [1.54, 1.807) is 6.92 Å². The van der Waals surface area contributed by atoms with Crippen LogP contribution >= 0.6 is 0 Å². The zero-order valence-corrected chi connectivity index (χ0v) is 16.4. The topological polar surface area (TPSA) is 99.3 Å². The van der Waals surface area contributed by atoms with Gasteiger partial charge in [0.2, 0.25) is 0 Å². The average molecular weight is 356 g/mol. The molecule has 1 aromatic rings. The molecular formula is C16H29N3O4Si. The van der Waals surface area contributed by atoms with Crippen molar-refractivity contribution in [3.63, 3.8) is 0 Å². The number of hydrogen-bond acceptors (Lipinski definition) is 5. The SMILES string of the molecule is Cc1cn(C2CC(N)C(CO[Si](C)(C)C(C)(C)C)O2)c(=O)[nH]c1=O. The van der Waals surface area contributed by atoms with Crippen molar-refractivity contribution in [2.24, 2.45) is 5.73 Å². The predicted octanol–water partition coefficient (Wildman–Crippen LogP) is 1.48. The molecule has 0 radical (unpaired) electrons. The Bertz CT molecular complexity index is 704. The van der Waals surface area contributed by atoms with Crippen molar-refractivity contribution in [2.45, 2.75) is 70.6 Å². The zero-order valence-electron chi connectivity index (χ0n) is 15.4. The molecule has 1 saturated heterocycles. The number of aryl methyl sites for hydroxylation is 1. The summed E-state index contributed by atoms with van der Waals surface area (Å²) < 4.78 is 13.6. The van der Waals surface area contributed by atoms with Gasteiger partial charge in [-0.05, 0) is 25.1 Å². The third-order valence-corrected chi connectivity index (χ3v) is 9.65. The Morgan fingerprint density at radius 1 is 1.42 bits per heavy atom. The van der Waals surface area contributed by atoms with Gasteiger partial charge in [-0.1, -0.05) is 20.8 Å². The molecule has 3 atom stereocenters. The van der Waals surface area contributed by atoms with Crippen LogP contribution < -0.4 is 17.0 Å². The van der Waals surface area contributed by atoms with E-state index in [-0.39, 0.29) is 22.7 Å². The van der Waals surface area contributed by atoms with Gasteiger partial charge in [-0.2, -0.15) is 0 Å². The summed E-state index contributed by atoms with van der Waals surface area (Å²) >= 11 is 0. The maximum Gasteiger partial charge on any atom is 0.330 e. The van der Waals surface area contributed by atoms with Gasteiger partial charge < -0.3 is 14.9 Å². The van der Waals surface area contributed by atoms with Crippen LogP contribution in [-0.4, -0.2) is 36.6 Å². The van der Waals surface area contributed by atoms with Gasteiger partial charge in [0.1, 0.15) is 6.23 Å². The third-order valence-electron chi connectivity index (χ3n) is 5.15. The molecule has 2 heterocycles. The van der Waals surface area contributed by atoms with Crippen LogP contribution in [0.5, 0.6) is 0 Å². The lowest BCUT2D eigenvalue weighted by Gasteiger charge is -2.37. The molecule has 0 spiro atoms. The second-order valence-corrected chi connectivity index (χ2v) is 12.9. The van der Waals surface area contributed by atoms with Gasteiger partial charge in [-0.25, -0.2) is 4.79 Å². The lowest BCUT2D eigenvalue weighted by atomic mass is 10.1. The molecular weight excluding hydrogens is 326 g/mol. The van der Waals surface area contributed by atoms with E-state index in [0.29, 0.717) is 18.6 Å². The number of H-pyrrole nitrogens is 1. The Hall–Kier alpha value is -1.22. The summed E-state index contributed by atoms with van der Waals surface area (Å²) in [5.74, 6) is 0. The van der Waals surface area contributed by atoms with E-state index in [2.05, 4.69) is 38.8 Å². The van der Waals surface area contributed by atoms with E-state index in [0.717, 1.165) is 0 Å². The number of nitrogens with two attached hydrogens (primary N) is 1. The van der Waals surface area contributed by atoms with Crippen molar-refractivity contribution in [1.29, 1.82) is 0 Å². The highest BCUT2D eigenvalue weighted by molar-refractivity contribution is 6.74. The highest BCUT2D eigenvalue weighted by Gasteiger charge is 2.40. The first kappa shape index (κ1) is 19.1. The van der Waals surface area contributed by atoms with Crippen LogP contribution in [0.25, 0.3) is 0 Å². The molecule has 3 N–H and O–H groups in total. The first-order valence-electron chi connectivity index (χ1n) is 8.29. The summed E-state index contributed by atoms with van der Waals surface area (Å²) in [5.41, 5.74) is 5.80. The number of aromatic amines is 1. The van der Waals surface area contributed by atoms with Crippen LogP contribution in [0, 0.1) is 6.92 Å². The van der Waals surface area contributed by atoms with Gasteiger partial charge in [0.25, 0.3) is 5.56 Å². The average Bonchev–Trinajstić information content (AvgIpc) is 2.80. The molecule has 7 nitrogen and oxygen atoms in total. The predicted molar refractivity (Wildman–Crippen MR) is 95.7 cm³/mol. The monoisotopic (exact) mass is 355 g/mol. The van der Waals surface area contributed by atoms with Gasteiger partial charge >= 0.3 is 5.69 Å². The van der Waals surface area contributed by atoms with E-state index < -0.39 is 20.2 Å². The molecule has 24 heavy (non-hydrogen) atoms. The fourth-order valence-electron chi connectivity index (χ4n) is 2.39. The highest BCUT2D eigenvalue weighted by atomic mass is 28.4. The van der Waals surface area contributed by atoms with Crippen LogP contribution in [-0.2, 0) is 9.16 Å². The zero-order chi connectivity index (χ0) is 18.3. The lowest BCUT2D eigenvalue weighted by molar-refractivity contribution is -0.0247. The van der Waals surface area contributed by atoms with Crippen molar-refractivity contribution in [3.05, 3.63) is 32.6 Å². The van der Waals surface area contributed by atoms with E-state index in [1.807, 2.05) is 0 Å². The maximum absolute atomic E-state index is 12.0. The van der Waals surface area contributed by atoms with Crippen molar-refractivity contribution < 1.29 is 9.16 Å². The minimum Gasteiger partial charge on any atom is -0.414 e. The number of aromatic nitrogens is 2. The normalized spacial score (nSPS) is 25.2. The van der Waals surface area contributed by atoms with Crippen molar-refractivity contribution in [1.82, 2.24) is 9.55 Å². The van der Waals surface area contributed by atoms with E-state index in [4.69, 9.17) is 14.9 Å². The quantitative estimate of drug-likeness (QED) is 0.797. The van der Waals surface area contributed by atoms with Gasteiger partial charge in [0.15, 0.2) is 8.32 Å². The van der Waals surface area contributed by atoms with Crippen molar-refractivity contribution >= 4 is 8.32 Å². The fourth-order valence-corrected chi connectivity index (χ4v) is 3.41. The van der Waals surface area contributed by atoms with E-state index >= 15 is 0 Å². The van der Waals surface area contributed by atoms with Crippen LogP contribution in [0.15, 0.2) is 15.8 Å². The lowest BCUT2D eigenvalue weighted by Crippen LogP contribution is -2.45. The first-order valence-corrected chi connectivity index (χ1v) is 11.2. The second-order valence-electron chi connectivity index (χ2n) is 8.08. The van der Waals surface area contributed by atoms with Gasteiger partial charge in [-0.3, -0.25) is 14.3 Å². The van der Waals surface area contributed by atoms with E-state index in [9.17, 15) is 9.59 Å². The Labute approximate surface area is 143 Å². The summed E-state index contributed by atoms with van der Waals surface area (Å²) in [7, 11) is -1.88.